The fourth-order valence-corrected chi connectivity index (χ4v) is 4.38. The van der Waals surface area contributed by atoms with Gasteiger partial charge in [0.2, 0.25) is 5.91 Å². The number of likely N-dealkylation sites (tertiary alicyclic amines) is 1. The molecule has 5 nitrogen and oxygen atoms in total. The number of carbonyl (C=O) groups excluding carboxylic acids is 1. The molecule has 2 bridgehead atoms. The van der Waals surface area contributed by atoms with Crippen LogP contribution in [0.5, 0.6) is 0 Å². The van der Waals surface area contributed by atoms with Crippen molar-refractivity contribution in [2.24, 2.45) is 17.8 Å². The molecule has 2 aliphatic rings. The smallest absolute Gasteiger partial charge is 0.220 e. The molecule has 5 heteroatoms. The number of rotatable bonds is 8. The third-order valence-corrected chi connectivity index (χ3v) is 5.64. The molecular weight excluding hydrogens is 324 g/mol. The molecule has 1 aromatic rings. The minimum atomic E-state index is 0.203. The first kappa shape index (κ1) is 19.3. The molecule has 2 N–H and O–H groups in total. The Labute approximate surface area is 157 Å². The number of pyridine rings is 1. The van der Waals surface area contributed by atoms with E-state index in [0.29, 0.717) is 24.3 Å². The van der Waals surface area contributed by atoms with Gasteiger partial charge in [-0.3, -0.25) is 14.7 Å². The first-order valence-corrected chi connectivity index (χ1v) is 10.2. The molecule has 1 aromatic heterocycles. The largest absolute Gasteiger partial charge is 0.356 e. The van der Waals surface area contributed by atoms with Crippen molar-refractivity contribution >= 4 is 5.91 Å². The summed E-state index contributed by atoms with van der Waals surface area (Å²) in [5, 5.41) is 6.78. The van der Waals surface area contributed by atoms with E-state index in [4.69, 9.17) is 0 Å². The standard InChI is InChI=1S/C21H34N4O/c1-16(2)10-24-21(26)7-3-6-20-19-9-18(12-23-20)14-25(15-19)13-17-5-4-8-22-11-17/h4-5,8,11,16,18-20,23H,3,6-7,9-10,12-15H2,1-2H3,(H,24,26)/t18?,19?,20-/m1/s1. The second-order valence-electron chi connectivity index (χ2n) is 8.52. The van der Waals surface area contributed by atoms with Crippen LogP contribution < -0.4 is 10.6 Å². The molecule has 0 aliphatic carbocycles. The van der Waals surface area contributed by atoms with Crippen LogP contribution in [0.15, 0.2) is 24.5 Å². The van der Waals surface area contributed by atoms with Gasteiger partial charge in [0.05, 0.1) is 0 Å². The van der Waals surface area contributed by atoms with Gasteiger partial charge >= 0.3 is 0 Å². The number of hydrogen-bond acceptors (Lipinski definition) is 4. The van der Waals surface area contributed by atoms with Crippen molar-refractivity contribution in [2.45, 2.75) is 52.1 Å². The van der Waals surface area contributed by atoms with Crippen molar-refractivity contribution in [3.8, 4) is 0 Å². The maximum atomic E-state index is 11.9. The summed E-state index contributed by atoms with van der Waals surface area (Å²) < 4.78 is 0. The summed E-state index contributed by atoms with van der Waals surface area (Å²) >= 11 is 0. The minimum Gasteiger partial charge on any atom is -0.356 e. The normalized spacial score (nSPS) is 26.0. The van der Waals surface area contributed by atoms with Gasteiger partial charge in [-0.05, 0) is 55.2 Å². The second-order valence-corrected chi connectivity index (χ2v) is 8.52. The van der Waals surface area contributed by atoms with Crippen molar-refractivity contribution in [1.82, 2.24) is 20.5 Å². The van der Waals surface area contributed by atoms with Gasteiger partial charge in [0.25, 0.3) is 0 Å². The zero-order valence-corrected chi connectivity index (χ0v) is 16.3. The lowest BCUT2D eigenvalue weighted by molar-refractivity contribution is -0.121. The molecule has 0 saturated carbocycles. The predicted octanol–water partition coefficient (Wildman–Crippen LogP) is 2.43. The summed E-state index contributed by atoms with van der Waals surface area (Å²) in [7, 11) is 0. The average Bonchev–Trinajstić information content (AvgIpc) is 2.63. The Morgan fingerprint density at radius 3 is 3.08 bits per heavy atom. The number of piperidine rings is 2. The molecule has 26 heavy (non-hydrogen) atoms. The molecule has 1 amide bonds. The Balaban J connectivity index is 1.43. The average molecular weight is 359 g/mol. The second kappa shape index (κ2) is 9.47. The summed E-state index contributed by atoms with van der Waals surface area (Å²) in [6.45, 7) is 9.50. The number of amides is 1. The molecule has 2 unspecified atom stereocenters. The topological polar surface area (TPSA) is 57.3 Å². The highest BCUT2D eigenvalue weighted by atomic mass is 16.1. The first-order chi connectivity index (χ1) is 12.6. The van der Waals surface area contributed by atoms with Crippen LogP contribution in [0, 0.1) is 17.8 Å². The molecule has 2 aliphatic heterocycles. The van der Waals surface area contributed by atoms with E-state index in [2.05, 4.69) is 40.4 Å². The van der Waals surface area contributed by atoms with E-state index >= 15 is 0 Å². The lowest BCUT2D eigenvalue weighted by Crippen LogP contribution is -2.55. The van der Waals surface area contributed by atoms with E-state index in [1.165, 1.54) is 18.5 Å². The van der Waals surface area contributed by atoms with Crippen LogP contribution in [0.4, 0.5) is 0 Å². The van der Waals surface area contributed by atoms with Crippen LogP contribution >= 0.6 is 0 Å². The van der Waals surface area contributed by atoms with Crippen LogP contribution in [0.25, 0.3) is 0 Å². The predicted molar refractivity (Wildman–Crippen MR) is 105 cm³/mol. The SMILES string of the molecule is CC(C)CNC(=O)CCC[C@H]1NCC2CC1CN(Cc1cccnc1)C2. The fraction of sp³-hybridized carbons (Fsp3) is 0.714. The third kappa shape index (κ3) is 5.78. The van der Waals surface area contributed by atoms with E-state index in [9.17, 15) is 4.79 Å². The number of nitrogens with zero attached hydrogens (tertiary/aromatic N) is 2. The Kier molecular flexibility index (Phi) is 7.03. The van der Waals surface area contributed by atoms with Gasteiger partial charge in [0.15, 0.2) is 0 Å². The van der Waals surface area contributed by atoms with Gasteiger partial charge in [-0.2, -0.15) is 0 Å². The van der Waals surface area contributed by atoms with E-state index < -0.39 is 0 Å². The van der Waals surface area contributed by atoms with Gasteiger partial charge in [-0.1, -0.05) is 19.9 Å². The molecule has 3 rings (SSSR count). The molecular formula is C21H34N4O. The molecule has 2 saturated heterocycles. The third-order valence-electron chi connectivity index (χ3n) is 5.64. The van der Waals surface area contributed by atoms with Crippen molar-refractivity contribution in [3.05, 3.63) is 30.1 Å². The first-order valence-electron chi connectivity index (χ1n) is 10.2. The molecule has 0 radical (unpaired) electrons. The van der Waals surface area contributed by atoms with Crippen LogP contribution in [0.1, 0.15) is 45.1 Å². The van der Waals surface area contributed by atoms with E-state index in [1.807, 2.05) is 18.5 Å². The molecule has 144 valence electrons. The van der Waals surface area contributed by atoms with Crippen LogP contribution in [0.2, 0.25) is 0 Å². The summed E-state index contributed by atoms with van der Waals surface area (Å²) in [6, 6.07) is 4.75. The molecule has 0 aromatic carbocycles. The quantitative estimate of drug-likeness (QED) is 0.749. The monoisotopic (exact) mass is 358 g/mol. The Hall–Kier alpha value is -1.46. The fourth-order valence-electron chi connectivity index (χ4n) is 4.38. The van der Waals surface area contributed by atoms with E-state index in [0.717, 1.165) is 44.9 Å². The maximum absolute atomic E-state index is 11.9. The lowest BCUT2D eigenvalue weighted by Gasteiger charge is -2.46. The van der Waals surface area contributed by atoms with Crippen LogP contribution in [-0.2, 0) is 11.3 Å². The highest BCUT2D eigenvalue weighted by Gasteiger charge is 2.36. The number of fused-ring (bicyclic) bond motifs is 2. The number of aromatic nitrogens is 1. The maximum Gasteiger partial charge on any atom is 0.220 e. The van der Waals surface area contributed by atoms with Gasteiger partial charge in [0, 0.05) is 51.0 Å². The van der Waals surface area contributed by atoms with Gasteiger partial charge in [-0.15, -0.1) is 0 Å². The number of hydrogen-bond donors (Lipinski definition) is 2. The summed E-state index contributed by atoms with van der Waals surface area (Å²) in [4.78, 5) is 18.8. The summed E-state index contributed by atoms with van der Waals surface area (Å²) in [5.41, 5.74) is 1.30. The van der Waals surface area contributed by atoms with Gasteiger partial charge in [0.1, 0.15) is 0 Å². The van der Waals surface area contributed by atoms with Crippen LogP contribution in [0.3, 0.4) is 0 Å². The Morgan fingerprint density at radius 2 is 2.31 bits per heavy atom. The van der Waals surface area contributed by atoms with Crippen LogP contribution in [-0.4, -0.2) is 48.0 Å². The Morgan fingerprint density at radius 1 is 1.42 bits per heavy atom. The zero-order valence-electron chi connectivity index (χ0n) is 16.3. The molecule has 0 spiro atoms. The van der Waals surface area contributed by atoms with Crippen molar-refractivity contribution in [1.29, 1.82) is 0 Å². The minimum absolute atomic E-state index is 0.203. The molecule has 3 heterocycles. The summed E-state index contributed by atoms with van der Waals surface area (Å²) in [6.07, 6.45) is 7.89. The van der Waals surface area contributed by atoms with E-state index in [-0.39, 0.29) is 5.91 Å². The Bertz CT molecular complexity index is 562. The van der Waals surface area contributed by atoms with Crippen molar-refractivity contribution in [2.75, 3.05) is 26.2 Å². The van der Waals surface area contributed by atoms with Gasteiger partial charge < -0.3 is 10.6 Å². The van der Waals surface area contributed by atoms with Crippen molar-refractivity contribution < 1.29 is 4.79 Å². The number of carbonyl (C=O) groups is 1. The summed E-state index contributed by atoms with van der Waals surface area (Å²) in [5.74, 6) is 2.19. The van der Waals surface area contributed by atoms with E-state index in [1.54, 1.807) is 0 Å². The molecule has 3 atom stereocenters. The zero-order chi connectivity index (χ0) is 18.4. The number of nitrogens with one attached hydrogen (secondary N) is 2. The van der Waals surface area contributed by atoms with Gasteiger partial charge in [-0.25, -0.2) is 0 Å². The highest BCUT2D eigenvalue weighted by molar-refractivity contribution is 5.75. The molecule has 2 fully saturated rings. The van der Waals surface area contributed by atoms with Crippen molar-refractivity contribution in [3.63, 3.8) is 0 Å². The highest BCUT2D eigenvalue weighted by Crippen LogP contribution is 2.31. The lowest BCUT2D eigenvalue weighted by atomic mass is 9.79.